The molecule has 0 saturated carbocycles. The second-order valence-electron chi connectivity index (χ2n) is 6.09. The number of hydrogen-bond acceptors (Lipinski definition) is 6. The number of anilines is 2. The molecule has 0 unspecified atom stereocenters. The Morgan fingerprint density at radius 3 is 2.00 bits per heavy atom. The van der Waals surface area contributed by atoms with Gasteiger partial charge < -0.3 is 21.5 Å². The molecule has 0 spiro atoms. The summed E-state index contributed by atoms with van der Waals surface area (Å²) in [5.74, 6) is 0.763. The molecule has 2 aromatic rings. The van der Waals surface area contributed by atoms with Crippen molar-refractivity contribution in [2.24, 2.45) is 0 Å². The van der Waals surface area contributed by atoms with Gasteiger partial charge in [-0.05, 0) is 67.8 Å². The third kappa shape index (κ3) is 11.8. The fraction of sp³-hybridized carbons (Fsp3) is 0.316. The zero-order valence-electron chi connectivity index (χ0n) is 15.8. The van der Waals surface area contributed by atoms with Gasteiger partial charge in [0, 0.05) is 23.5 Å². The van der Waals surface area contributed by atoms with Crippen LogP contribution in [0.1, 0.15) is 29.6 Å². The van der Waals surface area contributed by atoms with E-state index in [2.05, 4.69) is 5.32 Å². The Morgan fingerprint density at radius 1 is 0.964 bits per heavy atom. The molecule has 0 aliphatic carbocycles. The van der Waals surface area contributed by atoms with Crippen LogP contribution in [0.2, 0.25) is 0 Å². The highest BCUT2D eigenvalue weighted by atomic mass is 32.2. The first-order chi connectivity index (χ1) is 13.1. The van der Waals surface area contributed by atoms with E-state index >= 15 is 0 Å². The van der Waals surface area contributed by atoms with Crippen molar-refractivity contribution in [2.75, 3.05) is 30.9 Å². The molecule has 0 aliphatic rings. The van der Waals surface area contributed by atoms with E-state index in [-0.39, 0.29) is 5.91 Å². The number of nitrogens with two attached hydrogens (primary N) is 2. The molecule has 2 aromatic carbocycles. The van der Waals surface area contributed by atoms with Crippen molar-refractivity contribution in [2.45, 2.75) is 19.3 Å². The van der Waals surface area contributed by atoms with Gasteiger partial charge in [-0.25, -0.2) is 0 Å². The van der Waals surface area contributed by atoms with Crippen molar-refractivity contribution in [1.29, 1.82) is 0 Å². The van der Waals surface area contributed by atoms with Crippen LogP contribution in [0.3, 0.4) is 0 Å². The summed E-state index contributed by atoms with van der Waals surface area (Å²) in [4.78, 5) is 11.9. The van der Waals surface area contributed by atoms with Gasteiger partial charge in [-0.15, -0.1) is 0 Å². The van der Waals surface area contributed by atoms with Gasteiger partial charge in [0.25, 0.3) is 16.0 Å². The fourth-order valence-electron chi connectivity index (χ4n) is 2.10. The summed E-state index contributed by atoms with van der Waals surface area (Å²) in [6.45, 7) is 1.32. The largest absolute Gasteiger partial charge is 0.494 e. The molecule has 8 nitrogen and oxygen atoms in total. The van der Waals surface area contributed by atoms with Crippen molar-refractivity contribution in [3.05, 3.63) is 54.1 Å². The molecule has 0 fully saturated rings. The highest BCUT2D eigenvalue weighted by Crippen LogP contribution is 2.13. The number of amides is 1. The molecular weight excluding hydrogens is 382 g/mol. The van der Waals surface area contributed by atoms with E-state index in [0.29, 0.717) is 30.7 Å². The van der Waals surface area contributed by atoms with Crippen molar-refractivity contribution < 1.29 is 22.5 Å². The average Bonchev–Trinajstić information content (AvgIpc) is 2.61. The third-order valence-corrected chi connectivity index (χ3v) is 3.43. The number of nitrogen functional groups attached to an aromatic ring is 2. The minimum absolute atomic E-state index is 0.0666. The van der Waals surface area contributed by atoms with E-state index in [1.165, 1.54) is 0 Å². The second kappa shape index (κ2) is 11.8. The molecular formula is C19H27N3O5S. The molecule has 28 heavy (non-hydrogen) atoms. The lowest BCUT2D eigenvalue weighted by atomic mass is 10.2. The summed E-state index contributed by atoms with van der Waals surface area (Å²) >= 11 is 0. The minimum Gasteiger partial charge on any atom is -0.494 e. The first-order valence-corrected chi connectivity index (χ1v) is 10.5. The smallest absolute Gasteiger partial charge is 0.261 e. The molecule has 0 saturated heterocycles. The number of rotatable bonds is 8. The van der Waals surface area contributed by atoms with Gasteiger partial charge in [-0.3, -0.25) is 9.35 Å². The molecule has 0 radical (unpaired) electrons. The number of hydrogen-bond donors (Lipinski definition) is 4. The van der Waals surface area contributed by atoms with Crippen LogP contribution in [0.15, 0.2) is 48.5 Å². The molecule has 1 amide bonds. The van der Waals surface area contributed by atoms with E-state index in [1.807, 2.05) is 24.3 Å². The van der Waals surface area contributed by atoms with Crippen LogP contribution in [0, 0.1) is 0 Å². The molecule has 0 atom stereocenters. The minimum atomic E-state index is -3.67. The zero-order valence-corrected chi connectivity index (χ0v) is 16.6. The molecule has 0 aromatic heterocycles. The number of benzene rings is 2. The standard InChI is InChI=1S/C18H23N3O2.CH4O3S/c19-15-6-4-14(5-7-15)18(22)21-12-2-1-3-13-23-17-10-8-16(20)9-11-17;1-5(2,3)4/h4-11H,1-3,12-13,19-20H2,(H,21,22);1H3,(H,2,3,4). The molecule has 0 heterocycles. The van der Waals surface area contributed by atoms with Crippen LogP contribution < -0.4 is 21.5 Å². The van der Waals surface area contributed by atoms with Crippen LogP contribution in [-0.4, -0.2) is 38.3 Å². The summed E-state index contributed by atoms with van der Waals surface area (Å²) in [6, 6.07) is 14.3. The lowest BCUT2D eigenvalue weighted by molar-refractivity contribution is 0.0953. The third-order valence-electron chi connectivity index (χ3n) is 3.43. The second-order valence-corrected chi connectivity index (χ2v) is 7.56. The van der Waals surface area contributed by atoms with Crippen molar-refractivity contribution in [1.82, 2.24) is 5.32 Å². The predicted molar refractivity (Wildman–Crippen MR) is 111 cm³/mol. The van der Waals surface area contributed by atoms with Crippen molar-refractivity contribution in [3.63, 3.8) is 0 Å². The number of nitrogens with one attached hydrogen (secondary N) is 1. The number of carbonyl (C=O) groups excluding carboxylic acids is 1. The fourth-order valence-corrected chi connectivity index (χ4v) is 2.10. The van der Waals surface area contributed by atoms with E-state index in [9.17, 15) is 13.2 Å². The normalized spacial score (nSPS) is 10.5. The molecule has 6 N–H and O–H groups in total. The van der Waals surface area contributed by atoms with Crippen LogP contribution in [-0.2, 0) is 10.1 Å². The van der Waals surface area contributed by atoms with Crippen LogP contribution >= 0.6 is 0 Å². The zero-order chi connectivity index (χ0) is 21.0. The Hall–Kier alpha value is -2.78. The molecule has 0 aliphatic heterocycles. The van der Waals surface area contributed by atoms with Crippen LogP contribution in [0.25, 0.3) is 0 Å². The average molecular weight is 410 g/mol. The summed E-state index contributed by atoms with van der Waals surface area (Å²) in [6.07, 6.45) is 3.58. The molecule has 9 heteroatoms. The Morgan fingerprint density at radius 2 is 1.46 bits per heavy atom. The lowest BCUT2D eigenvalue weighted by Gasteiger charge is -2.07. The van der Waals surface area contributed by atoms with Gasteiger partial charge in [-0.1, -0.05) is 0 Å². The maximum Gasteiger partial charge on any atom is 0.261 e. The van der Waals surface area contributed by atoms with E-state index < -0.39 is 10.1 Å². The quantitative estimate of drug-likeness (QED) is 0.297. The van der Waals surface area contributed by atoms with Crippen LogP contribution in [0.5, 0.6) is 5.75 Å². The predicted octanol–water partition coefficient (Wildman–Crippen LogP) is 2.33. The topological polar surface area (TPSA) is 145 Å². The highest BCUT2D eigenvalue weighted by Gasteiger charge is 2.03. The Labute approximate surface area is 165 Å². The summed E-state index contributed by atoms with van der Waals surface area (Å²) in [7, 11) is -3.67. The maximum atomic E-state index is 11.9. The Bertz CT molecular complexity index is 814. The SMILES string of the molecule is CS(=O)(=O)O.Nc1ccc(OCCCCCNC(=O)c2ccc(N)cc2)cc1. The van der Waals surface area contributed by atoms with Crippen molar-refractivity contribution >= 4 is 27.4 Å². The number of carbonyl (C=O) groups is 1. The highest BCUT2D eigenvalue weighted by molar-refractivity contribution is 7.85. The first kappa shape index (κ1) is 23.3. The van der Waals surface area contributed by atoms with Crippen molar-refractivity contribution in [3.8, 4) is 5.75 Å². The number of unbranched alkanes of at least 4 members (excludes halogenated alkanes) is 2. The molecule has 0 bridgehead atoms. The number of ether oxygens (including phenoxy) is 1. The van der Waals surface area contributed by atoms with E-state index in [1.54, 1.807) is 24.3 Å². The summed E-state index contributed by atoms with van der Waals surface area (Å²) in [5, 5.41) is 2.90. The van der Waals surface area contributed by atoms with Gasteiger partial charge in [-0.2, -0.15) is 8.42 Å². The van der Waals surface area contributed by atoms with Gasteiger partial charge in [0.1, 0.15) is 5.75 Å². The van der Waals surface area contributed by atoms with Gasteiger partial charge >= 0.3 is 0 Å². The van der Waals surface area contributed by atoms with E-state index in [0.717, 1.165) is 30.7 Å². The summed E-state index contributed by atoms with van der Waals surface area (Å²) < 4.78 is 31.5. The Balaban J connectivity index is 0.000000696. The van der Waals surface area contributed by atoms with Crippen LogP contribution in [0.4, 0.5) is 11.4 Å². The summed E-state index contributed by atoms with van der Waals surface area (Å²) in [5.41, 5.74) is 13.2. The van der Waals surface area contributed by atoms with E-state index in [4.69, 9.17) is 20.8 Å². The lowest BCUT2D eigenvalue weighted by Crippen LogP contribution is -2.24. The first-order valence-electron chi connectivity index (χ1n) is 8.69. The molecule has 154 valence electrons. The maximum absolute atomic E-state index is 11.9. The van der Waals surface area contributed by atoms with Gasteiger partial charge in [0.05, 0.1) is 12.9 Å². The van der Waals surface area contributed by atoms with Gasteiger partial charge in [0.15, 0.2) is 0 Å². The molecule has 2 rings (SSSR count). The Kier molecular flexibility index (Phi) is 9.83. The monoisotopic (exact) mass is 409 g/mol. The van der Waals surface area contributed by atoms with Gasteiger partial charge in [0.2, 0.25) is 0 Å².